The Hall–Kier alpha value is -2.82. The van der Waals surface area contributed by atoms with Gasteiger partial charge in [-0.05, 0) is 30.3 Å². The second kappa shape index (κ2) is 7.26. The summed E-state index contributed by atoms with van der Waals surface area (Å²) in [5.74, 6) is 0.800. The number of carbonyl (C=O) groups excluding carboxylic acids is 2. The van der Waals surface area contributed by atoms with Crippen LogP contribution in [-0.2, 0) is 11.3 Å². The van der Waals surface area contributed by atoms with Crippen LogP contribution in [0.5, 0.6) is 11.5 Å². The van der Waals surface area contributed by atoms with Crippen LogP contribution < -0.4 is 9.47 Å². The molecule has 0 N–H and O–H groups in total. The fourth-order valence-corrected chi connectivity index (χ4v) is 1.92. The summed E-state index contributed by atoms with van der Waals surface area (Å²) in [5.41, 5.74) is 1.60. The number of methoxy groups -OCH3 is 2. The first-order chi connectivity index (χ1) is 10.7. The molecule has 0 saturated heterocycles. The van der Waals surface area contributed by atoms with Crippen LogP contribution in [0.2, 0.25) is 0 Å². The smallest absolute Gasteiger partial charge is 0.338 e. The van der Waals surface area contributed by atoms with Gasteiger partial charge in [-0.25, -0.2) is 4.79 Å². The molecule has 5 nitrogen and oxygen atoms in total. The molecule has 0 aliphatic carbocycles. The molecular weight excluding hydrogens is 284 g/mol. The van der Waals surface area contributed by atoms with Crippen molar-refractivity contribution in [1.82, 2.24) is 0 Å². The van der Waals surface area contributed by atoms with Crippen molar-refractivity contribution in [3.05, 3.63) is 59.2 Å². The Bertz CT molecular complexity index is 661. The number of ether oxygens (including phenoxy) is 3. The van der Waals surface area contributed by atoms with E-state index in [1.165, 1.54) is 0 Å². The van der Waals surface area contributed by atoms with Crippen molar-refractivity contribution >= 4 is 12.3 Å². The van der Waals surface area contributed by atoms with Crippen molar-refractivity contribution in [3.8, 4) is 11.5 Å². The zero-order valence-electron chi connectivity index (χ0n) is 12.4. The lowest BCUT2D eigenvalue weighted by molar-refractivity contribution is 0.0469. The fourth-order valence-electron chi connectivity index (χ4n) is 1.92. The maximum atomic E-state index is 12.0. The van der Waals surface area contributed by atoms with E-state index in [2.05, 4.69) is 0 Å². The van der Waals surface area contributed by atoms with Gasteiger partial charge in [0.15, 0.2) is 0 Å². The van der Waals surface area contributed by atoms with E-state index in [4.69, 9.17) is 14.2 Å². The molecule has 0 amide bonds. The molecular formula is C17H16O5. The number of aldehydes is 1. The summed E-state index contributed by atoms with van der Waals surface area (Å²) >= 11 is 0. The van der Waals surface area contributed by atoms with Crippen LogP contribution in [0.3, 0.4) is 0 Å². The van der Waals surface area contributed by atoms with Crippen LogP contribution in [0.25, 0.3) is 0 Å². The summed E-state index contributed by atoms with van der Waals surface area (Å²) in [6, 6.07) is 11.5. The van der Waals surface area contributed by atoms with Crippen molar-refractivity contribution in [2.75, 3.05) is 14.2 Å². The topological polar surface area (TPSA) is 61.8 Å². The Morgan fingerprint density at radius 3 is 2.36 bits per heavy atom. The number of carbonyl (C=O) groups is 2. The number of rotatable bonds is 6. The number of benzene rings is 2. The Balaban J connectivity index is 2.08. The van der Waals surface area contributed by atoms with Crippen LogP contribution in [0, 0.1) is 0 Å². The zero-order valence-corrected chi connectivity index (χ0v) is 12.4. The molecule has 2 aromatic rings. The van der Waals surface area contributed by atoms with Crippen molar-refractivity contribution in [2.24, 2.45) is 0 Å². The van der Waals surface area contributed by atoms with Crippen LogP contribution in [-0.4, -0.2) is 26.5 Å². The summed E-state index contributed by atoms with van der Waals surface area (Å²) in [6.07, 6.45) is 0.718. The lowest BCUT2D eigenvalue weighted by Gasteiger charge is -2.11. The third-order valence-corrected chi connectivity index (χ3v) is 3.13. The Labute approximate surface area is 128 Å². The molecule has 0 saturated carbocycles. The minimum atomic E-state index is -0.470. The van der Waals surface area contributed by atoms with Gasteiger partial charge in [0.1, 0.15) is 24.4 Å². The van der Waals surface area contributed by atoms with Gasteiger partial charge < -0.3 is 14.2 Å². The van der Waals surface area contributed by atoms with E-state index in [0.717, 1.165) is 6.29 Å². The minimum absolute atomic E-state index is 0.0641. The molecule has 0 aromatic heterocycles. The highest BCUT2D eigenvalue weighted by Crippen LogP contribution is 2.24. The van der Waals surface area contributed by atoms with Gasteiger partial charge in [-0.15, -0.1) is 0 Å². The average Bonchev–Trinajstić information content (AvgIpc) is 2.59. The molecule has 0 radical (unpaired) electrons. The number of hydrogen-bond acceptors (Lipinski definition) is 5. The monoisotopic (exact) mass is 300 g/mol. The van der Waals surface area contributed by atoms with E-state index in [0.29, 0.717) is 28.2 Å². The van der Waals surface area contributed by atoms with Gasteiger partial charge in [0.05, 0.1) is 19.8 Å². The van der Waals surface area contributed by atoms with Crippen molar-refractivity contribution in [2.45, 2.75) is 6.61 Å². The van der Waals surface area contributed by atoms with Crippen LogP contribution in [0.1, 0.15) is 26.3 Å². The molecule has 0 aliphatic rings. The Morgan fingerprint density at radius 2 is 1.77 bits per heavy atom. The van der Waals surface area contributed by atoms with E-state index in [1.807, 2.05) is 0 Å². The summed E-state index contributed by atoms with van der Waals surface area (Å²) in [5, 5.41) is 0. The summed E-state index contributed by atoms with van der Waals surface area (Å²) in [4.78, 5) is 22.6. The standard InChI is InChI=1S/C17H16O5/c1-20-15-7-8-16(21-2)14(9-15)11-22-17(19)13-5-3-12(10-18)4-6-13/h3-10H,11H2,1-2H3. The SMILES string of the molecule is COc1ccc(OC)c(COC(=O)c2ccc(C=O)cc2)c1. The van der Waals surface area contributed by atoms with Gasteiger partial charge in [0.25, 0.3) is 0 Å². The number of hydrogen-bond donors (Lipinski definition) is 0. The maximum Gasteiger partial charge on any atom is 0.338 e. The molecule has 0 fully saturated rings. The van der Waals surface area contributed by atoms with Gasteiger partial charge in [-0.1, -0.05) is 12.1 Å². The lowest BCUT2D eigenvalue weighted by Crippen LogP contribution is -2.06. The second-order valence-electron chi connectivity index (χ2n) is 4.49. The zero-order chi connectivity index (χ0) is 15.9. The van der Waals surface area contributed by atoms with Crippen LogP contribution in [0.15, 0.2) is 42.5 Å². The summed E-state index contributed by atoms with van der Waals surface area (Å²) < 4.78 is 15.6. The van der Waals surface area contributed by atoms with Crippen molar-refractivity contribution in [3.63, 3.8) is 0 Å². The first-order valence-corrected chi connectivity index (χ1v) is 6.61. The first-order valence-electron chi connectivity index (χ1n) is 6.61. The van der Waals surface area contributed by atoms with Gasteiger partial charge in [-0.2, -0.15) is 0 Å². The molecule has 0 heterocycles. The molecule has 0 unspecified atom stereocenters. The third-order valence-electron chi connectivity index (χ3n) is 3.13. The van der Waals surface area contributed by atoms with E-state index in [9.17, 15) is 9.59 Å². The van der Waals surface area contributed by atoms with Crippen LogP contribution in [0.4, 0.5) is 0 Å². The summed E-state index contributed by atoms with van der Waals surface area (Å²) in [7, 11) is 3.11. The molecule has 0 spiro atoms. The third kappa shape index (κ3) is 3.63. The normalized spacial score (nSPS) is 9.91. The summed E-state index contributed by atoms with van der Waals surface area (Å²) in [6.45, 7) is 0.0641. The highest BCUT2D eigenvalue weighted by molar-refractivity contribution is 5.90. The Morgan fingerprint density at radius 1 is 1.05 bits per heavy atom. The molecule has 2 aromatic carbocycles. The molecule has 22 heavy (non-hydrogen) atoms. The molecule has 0 aliphatic heterocycles. The predicted octanol–water partition coefficient (Wildman–Crippen LogP) is 2.87. The highest BCUT2D eigenvalue weighted by atomic mass is 16.5. The van der Waals surface area contributed by atoms with Crippen LogP contribution >= 0.6 is 0 Å². The van der Waals surface area contributed by atoms with Crippen molar-refractivity contribution < 1.29 is 23.8 Å². The quantitative estimate of drug-likeness (QED) is 0.606. The maximum absolute atomic E-state index is 12.0. The molecule has 5 heteroatoms. The first kappa shape index (κ1) is 15.6. The minimum Gasteiger partial charge on any atom is -0.497 e. The highest BCUT2D eigenvalue weighted by Gasteiger charge is 2.11. The Kier molecular flexibility index (Phi) is 5.14. The molecule has 114 valence electrons. The van der Waals surface area contributed by atoms with E-state index in [1.54, 1.807) is 56.7 Å². The van der Waals surface area contributed by atoms with Crippen molar-refractivity contribution in [1.29, 1.82) is 0 Å². The van der Waals surface area contributed by atoms with E-state index < -0.39 is 5.97 Å². The van der Waals surface area contributed by atoms with Gasteiger partial charge in [-0.3, -0.25) is 4.79 Å². The molecule has 2 rings (SSSR count). The molecule has 0 atom stereocenters. The largest absolute Gasteiger partial charge is 0.497 e. The number of esters is 1. The molecule has 0 bridgehead atoms. The van der Waals surface area contributed by atoms with Gasteiger partial charge >= 0.3 is 5.97 Å². The van der Waals surface area contributed by atoms with Gasteiger partial charge in [0, 0.05) is 11.1 Å². The average molecular weight is 300 g/mol. The lowest BCUT2D eigenvalue weighted by atomic mass is 10.1. The van der Waals surface area contributed by atoms with E-state index in [-0.39, 0.29) is 6.61 Å². The second-order valence-corrected chi connectivity index (χ2v) is 4.49. The van der Waals surface area contributed by atoms with Gasteiger partial charge in [0.2, 0.25) is 0 Å². The van der Waals surface area contributed by atoms with E-state index >= 15 is 0 Å². The predicted molar refractivity (Wildman–Crippen MR) is 80.5 cm³/mol. The fraction of sp³-hybridized carbons (Fsp3) is 0.176.